The fourth-order valence-electron chi connectivity index (χ4n) is 4.27. The van der Waals surface area contributed by atoms with Crippen LogP contribution in [0.5, 0.6) is 0 Å². The van der Waals surface area contributed by atoms with Crippen molar-refractivity contribution >= 4 is 17.1 Å². The molecule has 154 valence electrons. The van der Waals surface area contributed by atoms with Crippen LogP contribution in [0.3, 0.4) is 0 Å². The average Bonchev–Trinajstić information content (AvgIpc) is 2.86. The van der Waals surface area contributed by atoms with E-state index in [0.717, 1.165) is 17.1 Å². The van der Waals surface area contributed by atoms with Crippen LogP contribution in [0.15, 0.2) is 133 Å². The summed E-state index contributed by atoms with van der Waals surface area (Å²) in [7, 11) is 0. The standard InChI is InChI=1S/C31H25N/c1-24-13-11-16-26(23-24)29-21-12-22-30(31(29)25-14-5-2-6-15-25)32(27-17-7-3-8-18-27)28-19-9-4-10-20-28/h2-23H,1H3. The summed E-state index contributed by atoms with van der Waals surface area (Å²) in [5.41, 5.74) is 9.58. The smallest absolute Gasteiger partial charge is 0.0546 e. The van der Waals surface area contributed by atoms with E-state index in [1.54, 1.807) is 0 Å². The van der Waals surface area contributed by atoms with Crippen molar-refractivity contribution in [2.24, 2.45) is 0 Å². The molecule has 0 aliphatic rings. The van der Waals surface area contributed by atoms with Gasteiger partial charge in [0.15, 0.2) is 0 Å². The van der Waals surface area contributed by atoms with E-state index in [0.29, 0.717) is 0 Å². The van der Waals surface area contributed by atoms with Crippen molar-refractivity contribution < 1.29 is 0 Å². The number of hydrogen-bond acceptors (Lipinski definition) is 1. The molecule has 0 aliphatic carbocycles. The van der Waals surface area contributed by atoms with Crippen LogP contribution in [0.25, 0.3) is 22.3 Å². The maximum atomic E-state index is 2.35. The molecule has 5 aromatic rings. The zero-order valence-corrected chi connectivity index (χ0v) is 18.1. The highest BCUT2D eigenvalue weighted by molar-refractivity contribution is 5.96. The van der Waals surface area contributed by atoms with E-state index < -0.39 is 0 Å². The van der Waals surface area contributed by atoms with Crippen molar-refractivity contribution in [3.8, 4) is 22.3 Å². The lowest BCUT2D eigenvalue weighted by Crippen LogP contribution is -2.11. The summed E-state index contributed by atoms with van der Waals surface area (Å²) in [6, 6.07) is 47.3. The van der Waals surface area contributed by atoms with Gasteiger partial charge < -0.3 is 4.90 Å². The van der Waals surface area contributed by atoms with Crippen molar-refractivity contribution in [1.82, 2.24) is 0 Å². The van der Waals surface area contributed by atoms with E-state index in [9.17, 15) is 0 Å². The Bertz CT molecular complexity index is 1270. The molecule has 0 amide bonds. The summed E-state index contributed by atoms with van der Waals surface area (Å²) in [6.45, 7) is 2.15. The highest BCUT2D eigenvalue weighted by Gasteiger charge is 2.20. The molecule has 1 heteroatoms. The summed E-state index contributed by atoms with van der Waals surface area (Å²) < 4.78 is 0. The molecule has 5 rings (SSSR count). The lowest BCUT2D eigenvalue weighted by Gasteiger charge is -2.29. The van der Waals surface area contributed by atoms with Crippen LogP contribution >= 0.6 is 0 Å². The van der Waals surface area contributed by atoms with Crippen LogP contribution in [-0.4, -0.2) is 0 Å². The van der Waals surface area contributed by atoms with E-state index in [1.165, 1.54) is 27.8 Å². The third-order valence-electron chi connectivity index (χ3n) is 5.70. The molecule has 1 nitrogen and oxygen atoms in total. The largest absolute Gasteiger partial charge is 0.310 e. The number of aryl methyl sites for hydroxylation is 1. The summed E-state index contributed by atoms with van der Waals surface area (Å²) >= 11 is 0. The molecule has 5 aromatic carbocycles. The monoisotopic (exact) mass is 411 g/mol. The van der Waals surface area contributed by atoms with Gasteiger partial charge in [-0.3, -0.25) is 0 Å². The van der Waals surface area contributed by atoms with Gasteiger partial charge in [-0.05, 0) is 53.9 Å². The first-order chi connectivity index (χ1) is 15.8. The van der Waals surface area contributed by atoms with Gasteiger partial charge in [0.1, 0.15) is 0 Å². The Kier molecular flexibility index (Phi) is 5.55. The molecule has 0 aromatic heterocycles. The number of hydrogen-bond donors (Lipinski definition) is 0. The molecule has 0 saturated heterocycles. The zero-order valence-electron chi connectivity index (χ0n) is 18.1. The molecule has 0 heterocycles. The Labute approximate surface area is 190 Å². The molecule has 0 spiro atoms. The number of para-hydroxylation sites is 2. The highest BCUT2D eigenvalue weighted by atomic mass is 15.1. The Balaban J connectivity index is 1.82. The molecular weight excluding hydrogens is 386 g/mol. The van der Waals surface area contributed by atoms with E-state index in [4.69, 9.17) is 0 Å². The summed E-state index contributed by atoms with van der Waals surface area (Å²) in [5.74, 6) is 0. The second-order valence-electron chi connectivity index (χ2n) is 7.94. The van der Waals surface area contributed by atoms with Crippen LogP contribution < -0.4 is 4.90 Å². The molecule has 32 heavy (non-hydrogen) atoms. The Morgan fingerprint density at radius 2 is 1.00 bits per heavy atom. The van der Waals surface area contributed by atoms with Crippen molar-refractivity contribution in [3.05, 3.63) is 139 Å². The minimum absolute atomic E-state index is 1.14. The predicted octanol–water partition coefficient (Wildman–Crippen LogP) is 8.80. The maximum Gasteiger partial charge on any atom is 0.0546 e. The number of rotatable bonds is 5. The lowest BCUT2D eigenvalue weighted by atomic mass is 9.91. The minimum atomic E-state index is 1.14. The van der Waals surface area contributed by atoms with Crippen molar-refractivity contribution in [3.63, 3.8) is 0 Å². The Hall–Kier alpha value is -4.10. The first-order valence-electron chi connectivity index (χ1n) is 11.0. The molecule has 0 aliphatic heterocycles. The van der Waals surface area contributed by atoms with Gasteiger partial charge in [0.05, 0.1) is 5.69 Å². The zero-order chi connectivity index (χ0) is 21.8. The average molecular weight is 412 g/mol. The summed E-state index contributed by atoms with van der Waals surface area (Å²) in [6.07, 6.45) is 0. The van der Waals surface area contributed by atoms with Crippen LogP contribution in [0.2, 0.25) is 0 Å². The minimum Gasteiger partial charge on any atom is -0.310 e. The molecular formula is C31H25N. The number of anilines is 3. The number of nitrogens with zero attached hydrogens (tertiary/aromatic N) is 1. The van der Waals surface area contributed by atoms with Gasteiger partial charge in [-0.1, -0.05) is 109 Å². The van der Waals surface area contributed by atoms with E-state index in [1.807, 2.05) is 0 Å². The first kappa shape index (κ1) is 19.8. The van der Waals surface area contributed by atoms with Crippen molar-refractivity contribution in [2.45, 2.75) is 6.92 Å². The number of benzene rings is 5. The van der Waals surface area contributed by atoms with Crippen LogP contribution in [0, 0.1) is 6.92 Å². The van der Waals surface area contributed by atoms with Crippen molar-refractivity contribution in [2.75, 3.05) is 4.90 Å². The topological polar surface area (TPSA) is 3.24 Å². The third kappa shape index (κ3) is 3.93. The summed E-state index contributed by atoms with van der Waals surface area (Å²) in [5, 5.41) is 0. The van der Waals surface area contributed by atoms with E-state index >= 15 is 0 Å². The third-order valence-corrected chi connectivity index (χ3v) is 5.70. The second kappa shape index (κ2) is 8.95. The van der Waals surface area contributed by atoms with Gasteiger partial charge in [0.2, 0.25) is 0 Å². The SMILES string of the molecule is Cc1cccc(-c2cccc(N(c3ccccc3)c3ccccc3)c2-c2ccccc2)c1. The van der Waals surface area contributed by atoms with Crippen LogP contribution in [-0.2, 0) is 0 Å². The van der Waals surface area contributed by atoms with E-state index in [2.05, 4.69) is 145 Å². The molecule has 0 fully saturated rings. The lowest BCUT2D eigenvalue weighted by molar-refractivity contribution is 1.28. The summed E-state index contributed by atoms with van der Waals surface area (Å²) in [4.78, 5) is 2.35. The van der Waals surface area contributed by atoms with Crippen molar-refractivity contribution in [1.29, 1.82) is 0 Å². The quantitative estimate of drug-likeness (QED) is 0.279. The maximum absolute atomic E-state index is 2.35. The van der Waals surface area contributed by atoms with Gasteiger partial charge >= 0.3 is 0 Å². The van der Waals surface area contributed by atoms with Gasteiger partial charge in [-0.25, -0.2) is 0 Å². The van der Waals surface area contributed by atoms with Gasteiger partial charge in [0, 0.05) is 16.9 Å². The fourth-order valence-corrected chi connectivity index (χ4v) is 4.27. The first-order valence-corrected chi connectivity index (χ1v) is 11.0. The molecule has 0 N–H and O–H groups in total. The normalized spacial score (nSPS) is 10.7. The van der Waals surface area contributed by atoms with Gasteiger partial charge in [0.25, 0.3) is 0 Å². The fraction of sp³-hybridized carbons (Fsp3) is 0.0323. The highest BCUT2D eigenvalue weighted by Crippen LogP contribution is 2.45. The Morgan fingerprint density at radius 1 is 0.469 bits per heavy atom. The molecule has 0 saturated carbocycles. The molecule has 0 atom stereocenters. The van der Waals surface area contributed by atoms with E-state index in [-0.39, 0.29) is 0 Å². The van der Waals surface area contributed by atoms with Crippen LogP contribution in [0.1, 0.15) is 5.56 Å². The van der Waals surface area contributed by atoms with Gasteiger partial charge in [-0.15, -0.1) is 0 Å². The molecule has 0 unspecified atom stereocenters. The molecule has 0 radical (unpaired) electrons. The van der Waals surface area contributed by atoms with Gasteiger partial charge in [-0.2, -0.15) is 0 Å². The van der Waals surface area contributed by atoms with Crippen LogP contribution in [0.4, 0.5) is 17.1 Å². The molecule has 0 bridgehead atoms. The second-order valence-corrected chi connectivity index (χ2v) is 7.94. The Morgan fingerprint density at radius 3 is 1.59 bits per heavy atom. The predicted molar refractivity (Wildman–Crippen MR) is 137 cm³/mol.